The van der Waals surface area contributed by atoms with Crippen molar-refractivity contribution in [2.45, 2.75) is 18.7 Å². The molecule has 0 atom stereocenters. The van der Waals surface area contributed by atoms with Gasteiger partial charge in [-0.25, -0.2) is 22.3 Å². The fourth-order valence-corrected chi connectivity index (χ4v) is 3.43. The first-order chi connectivity index (χ1) is 9.15. The van der Waals surface area contributed by atoms with E-state index in [1.54, 1.807) is 13.8 Å². The summed E-state index contributed by atoms with van der Waals surface area (Å²) in [5.74, 6) is -3.57. The van der Waals surface area contributed by atoms with E-state index in [2.05, 4.69) is 15.9 Å². The highest BCUT2D eigenvalue weighted by atomic mass is 79.9. The molecule has 112 valence electrons. The minimum Gasteiger partial charge on any atom is -0.339 e. The van der Waals surface area contributed by atoms with Crippen LogP contribution in [0.1, 0.15) is 24.2 Å². The maximum atomic E-state index is 14.2. The molecule has 0 aliphatic carbocycles. The van der Waals surface area contributed by atoms with E-state index in [0.29, 0.717) is 6.07 Å². The SMILES string of the molecule is CCN(CC)C(=O)c1c(F)cc(Br)c(S(N)(=O)=O)c1F. The standard InChI is InChI=1S/C11H13BrF2N2O3S/c1-3-16(4-2)11(17)8-7(13)5-6(12)10(9(8)14)20(15,18)19/h5H,3-4H2,1-2H3,(H2,15,18,19). The zero-order valence-corrected chi connectivity index (χ0v) is 13.2. The van der Waals surface area contributed by atoms with Gasteiger partial charge in [0.2, 0.25) is 10.0 Å². The van der Waals surface area contributed by atoms with E-state index >= 15 is 0 Å². The van der Waals surface area contributed by atoms with Crippen LogP contribution < -0.4 is 5.14 Å². The van der Waals surface area contributed by atoms with Crippen LogP contribution in [0.15, 0.2) is 15.4 Å². The highest BCUT2D eigenvalue weighted by Gasteiger charge is 2.29. The number of rotatable bonds is 4. The molecule has 0 aliphatic rings. The van der Waals surface area contributed by atoms with Gasteiger partial charge in [0, 0.05) is 17.6 Å². The molecule has 0 unspecified atom stereocenters. The summed E-state index contributed by atoms with van der Waals surface area (Å²) >= 11 is 2.72. The van der Waals surface area contributed by atoms with E-state index in [1.807, 2.05) is 0 Å². The number of nitrogens with two attached hydrogens (primary N) is 1. The first-order valence-corrected chi connectivity index (χ1v) is 7.98. The van der Waals surface area contributed by atoms with Crippen molar-refractivity contribution in [3.63, 3.8) is 0 Å². The van der Waals surface area contributed by atoms with E-state index < -0.39 is 38.0 Å². The van der Waals surface area contributed by atoms with Crippen LogP contribution in [0.4, 0.5) is 8.78 Å². The maximum Gasteiger partial charge on any atom is 0.259 e. The van der Waals surface area contributed by atoms with Gasteiger partial charge in [-0.05, 0) is 35.8 Å². The van der Waals surface area contributed by atoms with Crippen molar-refractivity contribution < 1.29 is 22.0 Å². The Balaban J connectivity index is 3.61. The van der Waals surface area contributed by atoms with Crippen molar-refractivity contribution in [2.75, 3.05) is 13.1 Å². The summed E-state index contributed by atoms with van der Waals surface area (Å²) in [6, 6.07) is 0.708. The van der Waals surface area contributed by atoms with Gasteiger partial charge >= 0.3 is 0 Å². The second-order valence-corrected chi connectivity index (χ2v) is 6.23. The molecule has 1 rings (SSSR count). The van der Waals surface area contributed by atoms with Crippen LogP contribution in [0.5, 0.6) is 0 Å². The summed E-state index contributed by atoms with van der Waals surface area (Å²) in [5.41, 5.74) is -0.930. The van der Waals surface area contributed by atoms with Crippen molar-refractivity contribution in [2.24, 2.45) is 5.14 Å². The Kier molecular flexibility index (Phi) is 5.22. The van der Waals surface area contributed by atoms with Gasteiger partial charge in [0.15, 0.2) is 5.82 Å². The minimum atomic E-state index is -4.44. The number of benzene rings is 1. The third-order valence-electron chi connectivity index (χ3n) is 2.68. The zero-order valence-electron chi connectivity index (χ0n) is 10.8. The van der Waals surface area contributed by atoms with Crippen molar-refractivity contribution in [3.8, 4) is 0 Å². The molecule has 5 nitrogen and oxygen atoms in total. The van der Waals surface area contributed by atoms with Crippen LogP contribution in [0, 0.1) is 11.6 Å². The van der Waals surface area contributed by atoms with Crippen LogP contribution in [-0.2, 0) is 10.0 Å². The number of primary sulfonamides is 1. The minimum absolute atomic E-state index is 0.231. The number of carbonyl (C=O) groups is 1. The quantitative estimate of drug-likeness (QED) is 0.877. The van der Waals surface area contributed by atoms with E-state index in [1.165, 1.54) is 4.90 Å². The molecule has 0 aliphatic heterocycles. The second-order valence-electron chi connectivity index (χ2n) is 3.88. The lowest BCUT2D eigenvalue weighted by Crippen LogP contribution is -2.32. The van der Waals surface area contributed by atoms with Crippen LogP contribution >= 0.6 is 15.9 Å². The lowest BCUT2D eigenvalue weighted by molar-refractivity contribution is 0.0762. The van der Waals surface area contributed by atoms with Gasteiger partial charge in [-0.3, -0.25) is 4.79 Å². The lowest BCUT2D eigenvalue weighted by atomic mass is 10.1. The smallest absolute Gasteiger partial charge is 0.259 e. The zero-order chi connectivity index (χ0) is 15.7. The summed E-state index contributed by atoms with van der Waals surface area (Å²) < 4.78 is 50.3. The van der Waals surface area contributed by atoms with E-state index in [4.69, 9.17) is 5.14 Å². The number of amides is 1. The summed E-state index contributed by atoms with van der Waals surface area (Å²) in [6.45, 7) is 3.73. The third kappa shape index (κ3) is 3.15. The average molecular weight is 371 g/mol. The number of carbonyl (C=O) groups excluding carboxylic acids is 1. The number of nitrogens with zero attached hydrogens (tertiary/aromatic N) is 1. The molecular weight excluding hydrogens is 358 g/mol. The summed E-state index contributed by atoms with van der Waals surface area (Å²) in [6.07, 6.45) is 0. The fourth-order valence-electron chi connectivity index (χ4n) is 1.70. The maximum absolute atomic E-state index is 14.2. The van der Waals surface area contributed by atoms with Crippen LogP contribution in [0.3, 0.4) is 0 Å². The van der Waals surface area contributed by atoms with Crippen molar-refractivity contribution >= 4 is 31.9 Å². The number of hydrogen-bond acceptors (Lipinski definition) is 3. The largest absolute Gasteiger partial charge is 0.339 e. The van der Waals surface area contributed by atoms with E-state index in [-0.39, 0.29) is 17.6 Å². The van der Waals surface area contributed by atoms with Gasteiger partial charge in [0.05, 0.1) is 0 Å². The predicted molar refractivity (Wildman–Crippen MR) is 72.7 cm³/mol. The molecular formula is C11H13BrF2N2O3S. The van der Waals surface area contributed by atoms with Gasteiger partial charge < -0.3 is 4.90 Å². The normalized spacial score (nSPS) is 11.5. The number of halogens is 3. The van der Waals surface area contributed by atoms with Gasteiger partial charge in [-0.2, -0.15) is 0 Å². The monoisotopic (exact) mass is 370 g/mol. The van der Waals surface area contributed by atoms with Gasteiger partial charge in [-0.1, -0.05) is 0 Å². The molecule has 9 heteroatoms. The topological polar surface area (TPSA) is 80.5 Å². The molecule has 0 aromatic heterocycles. The van der Waals surface area contributed by atoms with Crippen molar-refractivity contribution in [1.82, 2.24) is 4.90 Å². The molecule has 0 saturated heterocycles. The molecule has 0 radical (unpaired) electrons. The number of sulfonamides is 1. The van der Waals surface area contributed by atoms with Crippen molar-refractivity contribution in [1.29, 1.82) is 0 Å². The summed E-state index contributed by atoms with van der Waals surface area (Å²) in [7, 11) is -4.44. The second kappa shape index (κ2) is 6.15. The third-order valence-corrected chi connectivity index (χ3v) is 4.53. The summed E-state index contributed by atoms with van der Waals surface area (Å²) in [4.78, 5) is 12.3. The highest BCUT2D eigenvalue weighted by molar-refractivity contribution is 9.10. The molecule has 0 bridgehead atoms. The number of hydrogen-bond donors (Lipinski definition) is 1. The average Bonchev–Trinajstić information content (AvgIpc) is 2.27. The van der Waals surface area contributed by atoms with Crippen molar-refractivity contribution in [3.05, 3.63) is 27.7 Å². The molecule has 1 aromatic carbocycles. The first kappa shape index (κ1) is 17.0. The Bertz CT molecular complexity index is 646. The first-order valence-electron chi connectivity index (χ1n) is 5.64. The fraction of sp³-hybridized carbons (Fsp3) is 0.364. The Morgan fingerprint density at radius 3 is 2.25 bits per heavy atom. The van der Waals surface area contributed by atoms with E-state index in [9.17, 15) is 22.0 Å². The Labute approximate surface area is 123 Å². The Morgan fingerprint density at radius 1 is 1.35 bits per heavy atom. The Hall–Kier alpha value is -1.06. The predicted octanol–water partition coefficient (Wildman–Crippen LogP) is 1.86. The molecule has 0 heterocycles. The van der Waals surface area contributed by atoms with Gasteiger partial charge in [-0.15, -0.1) is 0 Å². The van der Waals surface area contributed by atoms with Gasteiger partial charge in [0.25, 0.3) is 5.91 Å². The lowest BCUT2D eigenvalue weighted by Gasteiger charge is -2.20. The molecule has 1 aromatic rings. The van der Waals surface area contributed by atoms with E-state index in [0.717, 1.165) is 0 Å². The highest BCUT2D eigenvalue weighted by Crippen LogP contribution is 2.29. The van der Waals surface area contributed by atoms with Crippen LogP contribution in [0.2, 0.25) is 0 Å². The molecule has 0 spiro atoms. The summed E-state index contributed by atoms with van der Waals surface area (Å²) in [5, 5.41) is 4.87. The molecule has 1 amide bonds. The van der Waals surface area contributed by atoms with Crippen LogP contribution in [0.25, 0.3) is 0 Å². The Morgan fingerprint density at radius 2 is 1.85 bits per heavy atom. The molecule has 0 fully saturated rings. The molecule has 0 saturated carbocycles. The molecule has 2 N–H and O–H groups in total. The van der Waals surface area contributed by atoms with Gasteiger partial charge in [0.1, 0.15) is 16.3 Å². The van der Waals surface area contributed by atoms with Crippen LogP contribution in [-0.4, -0.2) is 32.3 Å². The molecule has 20 heavy (non-hydrogen) atoms.